The van der Waals surface area contributed by atoms with Gasteiger partial charge in [0.1, 0.15) is 5.82 Å². The van der Waals surface area contributed by atoms with Crippen molar-refractivity contribution >= 4 is 11.8 Å². The summed E-state index contributed by atoms with van der Waals surface area (Å²) < 4.78 is 5.10. The zero-order valence-electron chi connectivity index (χ0n) is 9.23. The summed E-state index contributed by atoms with van der Waals surface area (Å²) in [5, 5.41) is 11.6. The Labute approximate surface area is 94.0 Å². The molecule has 16 heavy (non-hydrogen) atoms. The number of nitrogens with two attached hydrogens (primary N) is 1. The van der Waals surface area contributed by atoms with Crippen LogP contribution in [-0.2, 0) is 4.74 Å². The molecule has 0 aliphatic carbocycles. The molecule has 0 aromatic carbocycles. The molecule has 90 valence electrons. The maximum absolute atomic E-state index is 8.51. The molecule has 1 heterocycles. The van der Waals surface area contributed by atoms with E-state index in [0.717, 1.165) is 11.4 Å². The Morgan fingerprint density at radius 3 is 3.00 bits per heavy atom. The number of aliphatic hydroxyl groups is 1. The number of rotatable bonds is 7. The minimum atomic E-state index is 0.0355. The number of nitrogens with one attached hydrogen (secondary N) is 2. The molecule has 7 heteroatoms. The zero-order valence-corrected chi connectivity index (χ0v) is 9.23. The van der Waals surface area contributed by atoms with Crippen LogP contribution in [0.5, 0.6) is 0 Å². The minimum Gasteiger partial charge on any atom is -0.394 e. The third kappa shape index (κ3) is 3.97. The lowest BCUT2D eigenvalue weighted by molar-refractivity contribution is 0.0992. The van der Waals surface area contributed by atoms with E-state index in [1.54, 1.807) is 6.20 Å². The molecule has 5 N–H and O–H groups in total. The van der Waals surface area contributed by atoms with Crippen molar-refractivity contribution in [3.05, 3.63) is 11.8 Å². The maximum Gasteiger partial charge on any atom is 0.239 e. The summed E-state index contributed by atoms with van der Waals surface area (Å²) in [6.07, 6.45) is 1.68. The fourth-order valence-corrected chi connectivity index (χ4v) is 1.10. The van der Waals surface area contributed by atoms with E-state index in [0.29, 0.717) is 25.7 Å². The van der Waals surface area contributed by atoms with Crippen LogP contribution in [0.2, 0.25) is 0 Å². The summed E-state index contributed by atoms with van der Waals surface area (Å²) in [7, 11) is 0. The molecule has 0 bridgehead atoms. The summed E-state index contributed by atoms with van der Waals surface area (Å²) >= 11 is 0. The van der Waals surface area contributed by atoms with Crippen LogP contribution < -0.4 is 16.6 Å². The Hall–Kier alpha value is -1.44. The number of nitrogens with zero attached hydrogens (tertiary/aromatic N) is 2. The molecule has 0 atom stereocenters. The number of aryl methyl sites for hydroxylation is 1. The normalized spacial score (nSPS) is 10.2. The van der Waals surface area contributed by atoms with Crippen molar-refractivity contribution in [1.82, 2.24) is 9.97 Å². The van der Waals surface area contributed by atoms with Crippen LogP contribution in [0.25, 0.3) is 0 Å². The van der Waals surface area contributed by atoms with E-state index in [2.05, 4.69) is 20.7 Å². The Balaban J connectivity index is 2.40. The number of ether oxygens (including phenoxy) is 1. The minimum absolute atomic E-state index is 0.0355. The van der Waals surface area contributed by atoms with Gasteiger partial charge in [0, 0.05) is 18.3 Å². The largest absolute Gasteiger partial charge is 0.394 e. The molecule has 1 aromatic rings. The molecule has 0 radical (unpaired) electrons. The van der Waals surface area contributed by atoms with Gasteiger partial charge in [-0.15, -0.1) is 0 Å². The molecular formula is C9H17N5O2. The van der Waals surface area contributed by atoms with Gasteiger partial charge in [0.2, 0.25) is 5.95 Å². The van der Waals surface area contributed by atoms with Gasteiger partial charge >= 0.3 is 0 Å². The molecular weight excluding hydrogens is 210 g/mol. The monoisotopic (exact) mass is 227 g/mol. The van der Waals surface area contributed by atoms with Crippen molar-refractivity contribution in [1.29, 1.82) is 0 Å². The molecule has 7 nitrogen and oxygen atoms in total. The fraction of sp³-hybridized carbons (Fsp3) is 0.556. The molecule has 0 amide bonds. The van der Waals surface area contributed by atoms with E-state index in [9.17, 15) is 0 Å². The first-order valence-corrected chi connectivity index (χ1v) is 5.00. The van der Waals surface area contributed by atoms with E-state index >= 15 is 0 Å². The van der Waals surface area contributed by atoms with Crippen LogP contribution in [0.1, 0.15) is 5.56 Å². The number of anilines is 2. The zero-order chi connectivity index (χ0) is 11.8. The van der Waals surface area contributed by atoms with Gasteiger partial charge in [-0.2, -0.15) is 4.98 Å². The van der Waals surface area contributed by atoms with Crippen molar-refractivity contribution in [3.8, 4) is 0 Å². The quantitative estimate of drug-likeness (QED) is 0.282. The number of hydrazine groups is 1. The molecule has 0 saturated heterocycles. The molecule has 1 rings (SSSR count). The predicted molar refractivity (Wildman–Crippen MR) is 61.0 cm³/mol. The molecule has 0 unspecified atom stereocenters. The van der Waals surface area contributed by atoms with Gasteiger partial charge in [-0.3, -0.25) is 5.43 Å². The number of hydrogen-bond donors (Lipinski definition) is 4. The van der Waals surface area contributed by atoms with Gasteiger partial charge in [-0.1, -0.05) is 0 Å². The Morgan fingerprint density at radius 2 is 2.31 bits per heavy atom. The van der Waals surface area contributed by atoms with Gasteiger partial charge < -0.3 is 15.2 Å². The lowest BCUT2D eigenvalue weighted by Crippen LogP contribution is -2.15. The van der Waals surface area contributed by atoms with Gasteiger partial charge in [-0.25, -0.2) is 10.8 Å². The highest BCUT2D eigenvalue weighted by Crippen LogP contribution is 2.11. The third-order valence-electron chi connectivity index (χ3n) is 1.88. The van der Waals surface area contributed by atoms with Gasteiger partial charge in [0.25, 0.3) is 0 Å². The van der Waals surface area contributed by atoms with E-state index in [4.69, 9.17) is 15.7 Å². The number of aliphatic hydroxyl groups excluding tert-OH is 1. The summed E-state index contributed by atoms with van der Waals surface area (Å²) in [6.45, 7) is 3.41. The summed E-state index contributed by atoms with van der Waals surface area (Å²) in [4.78, 5) is 8.11. The smallest absolute Gasteiger partial charge is 0.239 e. The highest BCUT2D eigenvalue weighted by atomic mass is 16.5. The van der Waals surface area contributed by atoms with Gasteiger partial charge in [0.15, 0.2) is 0 Å². The Morgan fingerprint density at radius 1 is 1.50 bits per heavy atom. The van der Waals surface area contributed by atoms with Crippen molar-refractivity contribution in [2.24, 2.45) is 5.84 Å². The van der Waals surface area contributed by atoms with Crippen LogP contribution in [0.3, 0.4) is 0 Å². The van der Waals surface area contributed by atoms with Crippen molar-refractivity contribution in [2.45, 2.75) is 6.92 Å². The summed E-state index contributed by atoms with van der Waals surface area (Å²) in [5.41, 5.74) is 3.31. The van der Waals surface area contributed by atoms with Gasteiger partial charge in [0.05, 0.1) is 19.8 Å². The molecule has 0 fully saturated rings. The predicted octanol–water partition coefficient (Wildman–Crippen LogP) is -0.509. The average molecular weight is 227 g/mol. The molecule has 0 saturated carbocycles. The fourth-order valence-electron chi connectivity index (χ4n) is 1.10. The Bertz CT molecular complexity index is 321. The second kappa shape index (κ2) is 6.94. The molecule has 0 aliphatic heterocycles. The van der Waals surface area contributed by atoms with Crippen molar-refractivity contribution in [3.63, 3.8) is 0 Å². The summed E-state index contributed by atoms with van der Waals surface area (Å²) in [5.74, 6) is 6.29. The van der Waals surface area contributed by atoms with E-state index in [1.807, 2.05) is 6.92 Å². The SMILES string of the molecule is Cc1cnc(NN)nc1NCCOCCO. The maximum atomic E-state index is 8.51. The van der Waals surface area contributed by atoms with E-state index < -0.39 is 0 Å². The highest BCUT2D eigenvalue weighted by molar-refractivity contribution is 5.45. The average Bonchev–Trinajstić information content (AvgIpc) is 2.31. The first-order valence-electron chi connectivity index (χ1n) is 5.00. The second-order valence-corrected chi connectivity index (χ2v) is 3.13. The lowest BCUT2D eigenvalue weighted by Gasteiger charge is -2.09. The van der Waals surface area contributed by atoms with Crippen LogP contribution >= 0.6 is 0 Å². The second-order valence-electron chi connectivity index (χ2n) is 3.13. The topological polar surface area (TPSA) is 105 Å². The number of aromatic nitrogens is 2. The van der Waals surface area contributed by atoms with Crippen molar-refractivity contribution < 1.29 is 9.84 Å². The van der Waals surface area contributed by atoms with Gasteiger partial charge in [-0.05, 0) is 6.92 Å². The third-order valence-corrected chi connectivity index (χ3v) is 1.88. The number of hydrogen-bond acceptors (Lipinski definition) is 7. The standard InChI is InChI=1S/C9H17N5O2/c1-7-6-12-9(14-10)13-8(7)11-2-4-16-5-3-15/h6,15H,2-5,10H2,1H3,(H2,11,12,13,14). The van der Waals surface area contributed by atoms with E-state index in [1.165, 1.54) is 0 Å². The van der Waals surface area contributed by atoms with Crippen LogP contribution in [0.15, 0.2) is 6.20 Å². The summed E-state index contributed by atoms with van der Waals surface area (Å²) in [6, 6.07) is 0. The van der Waals surface area contributed by atoms with Crippen molar-refractivity contribution in [2.75, 3.05) is 37.1 Å². The first-order chi connectivity index (χ1) is 7.77. The first kappa shape index (κ1) is 12.6. The van der Waals surface area contributed by atoms with Crippen LogP contribution in [0, 0.1) is 6.92 Å². The van der Waals surface area contributed by atoms with E-state index in [-0.39, 0.29) is 6.61 Å². The Kier molecular flexibility index (Phi) is 5.48. The lowest BCUT2D eigenvalue weighted by atomic mass is 10.3. The molecule has 1 aromatic heterocycles. The molecule has 0 aliphatic rings. The highest BCUT2D eigenvalue weighted by Gasteiger charge is 2.01. The van der Waals surface area contributed by atoms with Crippen LogP contribution in [0.4, 0.5) is 11.8 Å². The number of nitrogen functional groups attached to an aromatic ring is 1. The molecule has 0 spiro atoms. The van der Waals surface area contributed by atoms with Crippen LogP contribution in [-0.4, -0.2) is 41.4 Å².